The maximum absolute atomic E-state index is 5.18. The first-order valence-electron chi connectivity index (χ1n) is 21.9. The Morgan fingerprint density at radius 1 is 0.524 bits per heavy atom. The molecule has 63 heavy (non-hydrogen) atoms. The van der Waals surface area contributed by atoms with E-state index in [1.54, 1.807) is 0 Å². The molecule has 3 aromatic heterocycles. The fraction of sp³-hybridized carbons (Fsp3) is 0.0862. The molecule has 10 aromatic rings. The van der Waals surface area contributed by atoms with Crippen molar-refractivity contribution in [2.45, 2.75) is 26.7 Å². The number of dihydropyridines is 1. The normalized spacial score (nSPS) is 13.2. The van der Waals surface area contributed by atoms with E-state index in [4.69, 9.17) is 9.97 Å². The number of hydrogen-bond donors (Lipinski definition) is 0. The lowest BCUT2D eigenvalue weighted by atomic mass is 9.99. The van der Waals surface area contributed by atoms with Crippen LogP contribution in [-0.4, -0.2) is 31.9 Å². The zero-order valence-corrected chi connectivity index (χ0v) is 35.4. The maximum Gasteiger partial charge on any atom is 0.160 e. The van der Waals surface area contributed by atoms with Gasteiger partial charge in [-0.25, -0.2) is 9.97 Å². The molecule has 0 amide bonds. The molecular weight excluding hydrogens is 767 g/mol. The molecule has 0 bridgehead atoms. The van der Waals surface area contributed by atoms with Crippen LogP contribution in [0.5, 0.6) is 0 Å². The van der Waals surface area contributed by atoms with E-state index >= 15 is 0 Å². The summed E-state index contributed by atoms with van der Waals surface area (Å²) in [6.07, 6.45) is 12.1. The minimum atomic E-state index is 0.737. The first kappa shape index (κ1) is 38.1. The average Bonchev–Trinajstić information content (AvgIpc) is 3.87. The third-order valence-electron chi connectivity index (χ3n) is 12.3. The molecule has 1 aliphatic heterocycles. The van der Waals surface area contributed by atoms with Gasteiger partial charge >= 0.3 is 0 Å². The Kier molecular flexibility index (Phi) is 9.78. The van der Waals surface area contributed by atoms with E-state index in [0.29, 0.717) is 0 Å². The quantitative estimate of drug-likeness (QED) is 0.136. The fourth-order valence-electron chi connectivity index (χ4n) is 9.34. The van der Waals surface area contributed by atoms with Crippen LogP contribution < -0.4 is 0 Å². The second-order valence-corrected chi connectivity index (χ2v) is 16.2. The molecule has 0 saturated heterocycles. The summed E-state index contributed by atoms with van der Waals surface area (Å²) in [5.74, 6) is 0.737. The summed E-state index contributed by atoms with van der Waals surface area (Å²) in [5.41, 5.74) is 16.6. The predicted molar refractivity (Wildman–Crippen MR) is 266 cm³/mol. The van der Waals surface area contributed by atoms with Gasteiger partial charge in [0, 0.05) is 56.8 Å². The summed E-state index contributed by atoms with van der Waals surface area (Å²) < 4.78 is 4.86. The molecule has 0 unspecified atom stereocenters. The minimum Gasteiger partial charge on any atom is -0.309 e. The number of fused-ring (bicyclic) bond motifs is 6. The van der Waals surface area contributed by atoms with E-state index in [-0.39, 0.29) is 0 Å². The molecule has 0 saturated carbocycles. The Morgan fingerprint density at radius 3 is 1.70 bits per heavy atom. The molecule has 0 N–H and O–H groups in total. The van der Waals surface area contributed by atoms with Crippen molar-refractivity contribution in [3.63, 3.8) is 0 Å². The molecule has 0 radical (unpaired) electrons. The molecule has 0 aliphatic carbocycles. The van der Waals surface area contributed by atoms with Gasteiger partial charge in [-0.05, 0) is 108 Å². The van der Waals surface area contributed by atoms with E-state index in [2.05, 4.69) is 215 Å². The molecule has 302 valence electrons. The lowest BCUT2D eigenvalue weighted by Crippen LogP contribution is -2.03. The summed E-state index contributed by atoms with van der Waals surface area (Å²) in [7, 11) is 0. The Bertz CT molecular complexity index is 3430. The van der Waals surface area contributed by atoms with Crippen LogP contribution in [0.3, 0.4) is 0 Å². The number of rotatable bonds is 9. The van der Waals surface area contributed by atoms with Gasteiger partial charge in [-0.2, -0.15) is 0 Å². The fourth-order valence-corrected chi connectivity index (χ4v) is 9.34. The van der Waals surface area contributed by atoms with Crippen LogP contribution in [0.25, 0.3) is 99.6 Å². The highest BCUT2D eigenvalue weighted by Crippen LogP contribution is 2.39. The molecular formula is C58H45N5. The highest BCUT2D eigenvalue weighted by molar-refractivity contribution is 6.11. The molecule has 11 rings (SSSR count). The summed E-state index contributed by atoms with van der Waals surface area (Å²) in [4.78, 5) is 14.7. The van der Waals surface area contributed by atoms with Gasteiger partial charge in [0.05, 0.1) is 33.5 Å². The maximum atomic E-state index is 5.18. The lowest BCUT2D eigenvalue weighted by Gasteiger charge is -2.16. The summed E-state index contributed by atoms with van der Waals surface area (Å²) in [6.45, 7) is 4.95. The van der Waals surface area contributed by atoms with E-state index in [1.807, 2.05) is 13.1 Å². The topological polar surface area (TPSA) is 48.0 Å². The van der Waals surface area contributed by atoms with Gasteiger partial charge in [-0.15, -0.1) is 0 Å². The third kappa shape index (κ3) is 6.88. The van der Waals surface area contributed by atoms with Crippen molar-refractivity contribution in [3.8, 4) is 44.9 Å². The van der Waals surface area contributed by atoms with Crippen LogP contribution in [0.1, 0.15) is 38.2 Å². The van der Waals surface area contributed by atoms with Crippen LogP contribution in [-0.2, 0) is 0 Å². The Hall–Kier alpha value is -7.89. The Morgan fingerprint density at radius 2 is 1.08 bits per heavy atom. The van der Waals surface area contributed by atoms with Crippen molar-refractivity contribution >= 4 is 61.0 Å². The van der Waals surface area contributed by atoms with Crippen LogP contribution in [0.15, 0.2) is 199 Å². The molecule has 0 spiro atoms. The van der Waals surface area contributed by atoms with Crippen molar-refractivity contribution < 1.29 is 0 Å². The highest BCUT2D eigenvalue weighted by Gasteiger charge is 2.19. The summed E-state index contributed by atoms with van der Waals surface area (Å²) >= 11 is 0. The molecule has 0 atom stereocenters. The molecule has 1 aliphatic rings. The third-order valence-corrected chi connectivity index (χ3v) is 12.3. The molecule has 5 nitrogen and oxygen atoms in total. The van der Waals surface area contributed by atoms with E-state index < -0.39 is 0 Å². The zero-order valence-electron chi connectivity index (χ0n) is 35.4. The number of nitrogens with zero attached hydrogens (tertiary/aromatic N) is 5. The molecule has 5 heteroatoms. The van der Waals surface area contributed by atoms with Gasteiger partial charge in [0.1, 0.15) is 0 Å². The van der Waals surface area contributed by atoms with E-state index in [1.165, 1.54) is 60.3 Å². The van der Waals surface area contributed by atoms with Crippen molar-refractivity contribution in [1.82, 2.24) is 19.1 Å². The number of para-hydroxylation sites is 3. The summed E-state index contributed by atoms with van der Waals surface area (Å²) in [6, 6.07) is 61.9. The number of hydrogen-bond acceptors (Lipinski definition) is 3. The zero-order chi connectivity index (χ0) is 42.3. The number of allylic oxidation sites excluding steroid dienone is 5. The van der Waals surface area contributed by atoms with Gasteiger partial charge < -0.3 is 9.13 Å². The van der Waals surface area contributed by atoms with Crippen LogP contribution in [0, 0.1) is 0 Å². The average molecular weight is 812 g/mol. The van der Waals surface area contributed by atoms with Gasteiger partial charge in [-0.3, -0.25) is 4.99 Å². The monoisotopic (exact) mass is 811 g/mol. The van der Waals surface area contributed by atoms with Gasteiger partial charge in [-0.1, -0.05) is 140 Å². The van der Waals surface area contributed by atoms with Gasteiger partial charge in [0.2, 0.25) is 0 Å². The smallest absolute Gasteiger partial charge is 0.160 e. The van der Waals surface area contributed by atoms with Crippen molar-refractivity contribution in [2.75, 3.05) is 6.54 Å². The van der Waals surface area contributed by atoms with Crippen LogP contribution in [0.2, 0.25) is 0 Å². The predicted octanol–water partition coefficient (Wildman–Crippen LogP) is 14.9. The van der Waals surface area contributed by atoms with Crippen LogP contribution in [0.4, 0.5) is 0 Å². The second kappa shape index (κ2) is 16.2. The lowest BCUT2D eigenvalue weighted by molar-refractivity contribution is 0.995. The number of aliphatic imine (C=N–C) groups is 1. The first-order valence-corrected chi connectivity index (χ1v) is 21.9. The molecule has 4 heterocycles. The van der Waals surface area contributed by atoms with E-state index in [9.17, 15) is 0 Å². The van der Waals surface area contributed by atoms with Gasteiger partial charge in [0.15, 0.2) is 5.82 Å². The standard InChI is InChI=1S/C58H45N5/c1-3-14-43(15-4-2)58-60-52(38-53(61-58)42-30-32-59-33-31-42)41-26-24-40(25-27-41)45-34-46(62-54-21-11-8-18-48(54)49-19-9-12-22-55(49)62)37-47(35-45)63-56-23-13-10-20-50(56)51-36-44(28-29-57(51)63)39-16-6-5-7-17-39/h3,5-30,32,34-38H,4,31,33H2,1-2H3/b14-3-,43-15+. The van der Waals surface area contributed by atoms with Crippen molar-refractivity contribution in [1.29, 1.82) is 0 Å². The first-order chi connectivity index (χ1) is 31.1. The van der Waals surface area contributed by atoms with Crippen molar-refractivity contribution in [3.05, 3.63) is 206 Å². The Labute approximate surface area is 367 Å². The summed E-state index contributed by atoms with van der Waals surface area (Å²) in [5, 5.41) is 4.93. The number of aromatic nitrogens is 4. The SMILES string of the molecule is C/C=C\C(=C/CC)c1nc(C2=CC=NCC2)cc(-c2ccc(-c3cc(-n4c5ccccc5c5ccccc54)cc(-n4c5ccccc5c5cc(-c6ccccc6)ccc54)c3)cc2)n1. The highest BCUT2D eigenvalue weighted by atomic mass is 15.0. The Balaban J connectivity index is 1.11. The largest absolute Gasteiger partial charge is 0.309 e. The minimum absolute atomic E-state index is 0.737. The van der Waals surface area contributed by atoms with Crippen LogP contribution >= 0.6 is 0 Å². The van der Waals surface area contributed by atoms with E-state index in [0.717, 1.165) is 70.2 Å². The van der Waals surface area contributed by atoms with Crippen molar-refractivity contribution in [2.24, 2.45) is 4.99 Å². The van der Waals surface area contributed by atoms with Gasteiger partial charge in [0.25, 0.3) is 0 Å². The second-order valence-electron chi connectivity index (χ2n) is 16.2. The number of benzene rings is 7. The molecule has 7 aromatic carbocycles. The molecule has 0 fully saturated rings.